The number of nitrogens with zero attached hydrogens (tertiary/aromatic N) is 4. The molecule has 3 aromatic rings. The molecule has 1 amide bonds. The van der Waals surface area contributed by atoms with Gasteiger partial charge in [0.25, 0.3) is 5.91 Å². The third kappa shape index (κ3) is 4.57. The van der Waals surface area contributed by atoms with E-state index in [2.05, 4.69) is 37.2 Å². The minimum Gasteiger partial charge on any atom is -0.382 e. The maximum absolute atomic E-state index is 12.5. The molecule has 8 nitrogen and oxygen atoms in total. The van der Waals surface area contributed by atoms with Crippen LogP contribution in [0.2, 0.25) is 0 Å². The summed E-state index contributed by atoms with van der Waals surface area (Å²) in [6.07, 6.45) is 0.830. The topological polar surface area (TPSA) is 122 Å². The van der Waals surface area contributed by atoms with E-state index >= 15 is 0 Å². The van der Waals surface area contributed by atoms with E-state index in [1.165, 1.54) is 30.9 Å². The van der Waals surface area contributed by atoms with Crippen LogP contribution in [0.4, 0.5) is 24.8 Å². The lowest BCUT2D eigenvalue weighted by atomic mass is 10.2. The zero-order valence-corrected chi connectivity index (χ0v) is 13.4. The number of amides is 1. The number of nitrogens with two attached hydrogens (primary N) is 1. The van der Waals surface area contributed by atoms with Gasteiger partial charge in [0.05, 0.1) is 18.0 Å². The van der Waals surface area contributed by atoms with Gasteiger partial charge in [-0.15, -0.1) is 0 Å². The van der Waals surface area contributed by atoms with Crippen molar-refractivity contribution in [3.8, 4) is 11.8 Å². The van der Waals surface area contributed by atoms with Crippen LogP contribution in [0.25, 0.3) is 0 Å². The first-order chi connectivity index (χ1) is 12.8. The molecule has 3 rings (SSSR count). The van der Waals surface area contributed by atoms with E-state index in [0.29, 0.717) is 17.3 Å². The number of pyridine rings is 1. The Morgan fingerprint density at radius 1 is 1.11 bits per heavy atom. The second-order valence-corrected chi connectivity index (χ2v) is 5.16. The van der Waals surface area contributed by atoms with Crippen LogP contribution >= 0.6 is 0 Å². The Kier molecular flexibility index (Phi) is 4.71. The van der Waals surface area contributed by atoms with Crippen molar-refractivity contribution < 1.29 is 18.0 Å². The van der Waals surface area contributed by atoms with Gasteiger partial charge in [-0.25, -0.2) is 9.97 Å². The number of halogens is 3. The van der Waals surface area contributed by atoms with E-state index in [9.17, 15) is 18.0 Å². The van der Waals surface area contributed by atoms with E-state index in [1.807, 2.05) is 0 Å². The highest BCUT2D eigenvalue weighted by Gasteiger charge is 2.33. The second kappa shape index (κ2) is 7.12. The van der Waals surface area contributed by atoms with Crippen LogP contribution in [0.1, 0.15) is 27.3 Å². The highest BCUT2D eigenvalue weighted by atomic mass is 19.4. The Morgan fingerprint density at radius 3 is 2.59 bits per heavy atom. The molecule has 3 aromatic heterocycles. The van der Waals surface area contributed by atoms with Crippen LogP contribution in [0, 0.1) is 11.8 Å². The Morgan fingerprint density at radius 2 is 1.93 bits per heavy atom. The summed E-state index contributed by atoms with van der Waals surface area (Å²) < 4.78 is 37.6. The number of rotatable bonds is 2. The standard InChI is InChI=1S/C16H10F3N7O/c17-16(18,19)12-4-14(26-25-12)24-15(27)10-3-9(5-21-6-10)1-2-11-7-23-13(20)8-22-11/h3-8H,(H2,20,23)(H2,24,25,26,27). The number of H-pyrrole nitrogens is 1. The molecular formula is C16H10F3N7O. The molecule has 0 saturated carbocycles. The lowest BCUT2D eigenvalue weighted by molar-refractivity contribution is -0.141. The molecule has 4 N–H and O–H groups in total. The highest BCUT2D eigenvalue weighted by Crippen LogP contribution is 2.28. The predicted octanol–water partition coefficient (Wildman–Crippen LogP) is 1.85. The third-order valence-corrected chi connectivity index (χ3v) is 3.13. The first-order valence-electron chi connectivity index (χ1n) is 7.30. The molecule has 0 unspecified atom stereocenters. The molecule has 0 spiro atoms. The average molecular weight is 373 g/mol. The summed E-state index contributed by atoms with van der Waals surface area (Å²) in [4.78, 5) is 23.9. The lowest BCUT2D eigenvalue weighted by Gasteiger charge is -2.02. The van der Waals surface area contributed by atoms with Crippen molar-refractivity contribution in [2.75, 3.05) is 11.1 Å². The van der Waals surface area contributed by atoms with Gasteiger partial charge in [0.15, 0.2) is 5.82 Å². The normalized spacial score (nSPS) is 10.8. The van der Waals surface area contributed by atoms with E-state index in [0.717, 1.165) is 0 Å². The van der Waals surface area contributed by atoms with Crippen molar-refractivity contribution in [1.29, 1.82) is 0 Å². The maximum Gasteiger partial charge on any atom is 0.432 e. The Bertz CT molecular complexity index is 1030. The number of aromatic nitrogens is 5. The van der Waals surface area contributed by atoms with Gasteiger partial charge in [-0.05, 0) is 12.0 Å². The summed E-state index contributed by atoms with van der Waals surface area (Å²) in [6, 6.07) is 2.12. The van der Waals surface area contributed by atoms with Crippen LogP contribution < -0.4 is 11.1 Å². The van der Waals surface area contributed by atoms with Crippen LogP contribution in [0.3, 0.4) is 0 Å². The molecule has 11 heteroatoms. The number of alkyl halides is 3. The zero-order valence-electron chi connectivity index (χ0n) is 13.4. The molecule has 0 bridgehead atoms. The van der Waals surface area contributed by atoms with Gasteiger partial charge in [-0.3, -0.25) is 14.9 Å². The minimum absolute atomic E-state index is 0.0988. The van der Waals surface area contributed by atoms with Crippen molar-refractivity contribution in [3.05, 3.63) is 59.4 Å². The second-order valence-electron chi connectivity index (χ2n) is 5.16. The van der Waals surface area contributed by atoms with Gasteiger partial charge in [-0.2, -0.15) is 18.3 Å². The summed E-state index contributed by atoms with van der Waals surface area (Å²) in [7, 11) is 0. The van der Waals surface area contributed by atoms with Crippen molar-refractivity contribution in [3.63, 3.8) is 0 Å². The fraction of sp³-hybridized carbons (Fsp3) is 0.0625. The molecule has 0 aliphatic rings. The van der Waals surface area contributed by atoms with Crippen molar-refractivity contribution >= 4 is 17.5 Å². The molecule has 136 valence electrons. The van der Waals surface area contributed by atoms with Gasteiger partial charge >= 0.3 is 6.18 Å². The van der Waals surface area contributed by atoms with Crippen molar-refractivity contribution in [1.82, 2.24) is 25.1 Å². The average Bonchev–Trinajstić information content (AvgIpc) is 3.10. The van der Waals surface area contributed by atoms with Crippen molar-refractivity contribution in [2.45, 2.75) is 6.18 Å². The number of hydrogen-bond acceptors (Lipinski definition) is 6. The first-order valence-corrected chi connectivity index (χ1v) is 7.30. The number of aromatic amines is 1. The Hall–Kier alpha value is -3.94. The molecule has 0 saturated heterocycles. The largest absolute Gasteiger partial charge is 0.432 e. The van der Waals surface area contributed by atoms with Gasteiger partial charge in [0.2, 0.25) is 0 Å². The number of nitrogen functional groups attached to an aromatic ring is 1. The SMILES string of the molecule is Nc1cnc(C#Cc2cncc(C(=O)Nc3cc(C(F)(F)F)[nH]n3)c2)cn1. The molecule has 0 aliphatic heterocycles. The van der Waals surface area contributed by atoms with E-state index in [1.54, 1.807) is 5.10 Å². The van der Waals surface area contributed by atoms with Crippen molar-refractivity contribution in [2.24, 2.45) is 0 Å². The molecule has 0 aromatic carbocycles. The van der Waals surface area contributed by atoms with E-state index in [4.69, 9.17) is 5.73 Å². The molecule has 27 heavy (non-hydrogen) atoms. The van der Waals surface area contributed by atoms with Crippen LogP contribution in [0.15, 0.2) is 36.9 Å². The number of nitrogens with one attached hydrogen (secondary N) is 2. The molecule has 0 atom stereocenters. The summed E-state index contributed by atoms with van der Waals surface area (Å²) in [6.45, 7) is 0. The Balaban J connectivity index is 1.74. The minimum atomic E-state index is -4.59. The summed E-state index contributed by atoms with van der Waals surface area (Å²) >= 11 is 0. The van der Waals surface area contributed by atoms with Gasteiger partial charge in [0, 0.05) is 24.0 Å². The zero-order chi connectivity index (χ0) is 19.4. The maximum atomic E-state index is 12.5. The molecular weight excluding hydrogens is 363 g/mol. The molecule has 0 aliphatic carbocycles. The number of anilines is 2. The summed E-state index contributed by atoms with van der Waals surface area (Å²) in [5, 5.41) is 7.46. The predicted molar refractivity (Wildman–Crippen MR) is 88.2 cm³/mol. The number of carbonyl (C=O) groups excluding carboxylic acids is 1. The molecule has 0 fully saturated rings. The lowest BCUT2D eigenvalue weighted by Crippen LogP contribution is -2.12. The van der Waals surface area contributed by atoms with Gasteiger partial charge in [0.1, 0.15) is 17.2 Å². The van der Waals surface area contributed by atoms with Gasteiger partial charge in [-0.1, -0.05) is 5.92 Å². The summed E-state index contributed by atoms with van der Waals surface area (Å²) in [5.41, 5.74) is 5.23. The van der Waals surface area contributed by atoms with E-state index in [-0.39, 0.29) is 17.2 Å². The Labute approximate surface area is 150 Å². The first kappa shape index (κ1) is 17.9. The van der Waals surface area contributed by atoms with E-state index < -0.39 is 17.8 Å². The molecule has 0 radical (unpaired) electrons. The fourth-order valence-electron chi connectivity index (χ4n) is 1.89. The van der Waals surface area contributed by atoms with Crippen LogP contribution in [0.5, 0.6) is 0 Å². The quantitative estimate of drug-likeness (QED) is 0.589. The van der Waals surface area contributed by atoms with Crippen LogP contribution in [-0.4, -0.2) is 31.1 Å². The smallest absolute Gasteiger partial charge is 0.382 e. The van der Waals surface area contributed by atoms with Gasteiger partial charge < -0.3 is 11.1 Å². The number of hydrogen-bond donors (Lipinski definition) is 3. The fourth-order valence-corrected chi connectivity index (χ4v) is 1.89. The highest BCUT2D eigenvalue weighted by molar-refractivity contribution is 6.03. The third-order valence-electron chi connectivity index (χ3n) is 3.13. The monoisotopic (exact) mass is 373 g/mol. The number of carbonyl (C=O) groups is 1. The van der Waals surface area contributed by atoms with Crippen LogP contribution in [-0.2, 0) is 6.18 Å². The molecule has 3 heterocycles. The summed E-state index contributed by atoms with van der Waals surface area (Å²) in [5.74, 6) is 4.80.